The van der Waals surface area contributed by atoms with Crippen molar-refractivity contribution < 1.29 is 9.64 Å². The van der Waals surface area contributed by atoms with E-state index in [1.165, 1.54) is 5.56 Å². The van der Waals surface area contributed by atoms with Crippen molar-refractivity contribution in [2.75, 3.05) is 44.7 Å². The van der Waals surface area contributed by atoms with Crippen LogP contribution in [0.4, 0.5) is 5.82 Å². The van der Waals surface area contributed by atoms with Gasteiger partial charge in [0.15, 0.2) is 5.65 Å². The summed E-state index contributed by atoms with van der Waals surface area (Å²) in [6.07, 6.45) is 3.89. The highest BCUT2D eigenvalue weighted by atomic mass is 16.5. The number of nitrogens with one attached hydrogen (secondary N) is 1. The van der Waals surface area contributed by atoms with Crippen molar-refractivity contribution in [2.24, 2.45) is 0 Å². The molecule has 1 saturated heterocycles. The quantitative estimate of drug-likeness (QED) is 0.546. The highest BCUT2D eigenvalue weighted by molar-refractivity contribution is 6.02. The van der Waals surface area contributed by atoms with Crippen LogP contribution in [0.3, 0.4) is 0 Å². The standard InChI is InChI=1S/C25H27N5O/c1-3-31-21-11-9-20(10-12-21)30-17-22(19-7-5-4-6-8-19)23-24(26-18-27-25(23)30)29-15-13-28(2)14-16-29/h4-12,17-18H,3,13-16H2,1-2H3/p+1. The van der Waals surface area contributed by atoms with Gasteiger partial charge in [0.2, 0.25) is 0 Å². The Morgan fingerprint density at radius 3 is 2.42 bits per heavy atom. The van der Waals surface area contributed by atoms with E-state index < -0.39 is 0 Å². The Morgan fingerprint density at radius 1 is 0.968 bits per heavy atom. The first-order chi connectivity index (χ1) is 15.2. The minimum absolute atomic E-state index is 0.660. The molecular formula is C25H28N5O+. The Morgan fingerprint density at radius 2 is 1.71 bits per heavy atom. The minimum atomic E-state index is 0.660. The second-order valence-corrected chi connectivity index (χ2v) is 8.05. The Hall–Kier alpha value is -3.38. The van der Waals surface area contributed by atoms with Gasteiger partial charge in [-0.3, -0.25) is 0 Å². The fourth-order valence-corrected chi connectivity index (χ4v) is 4.29. The normalized spacial score (nSPS) is 14.8. The van der Waals surface area contributed by atoms with E-state index in [0.717, 1.165) is 60.0 Å². The number of quaternary nitrogens is 1. The molecule has 0 spiro atoms. The molecule has 5 rings (SSSR count). The van der Waals surface area contributed by atoms with Gasteiger partial charge in [-0.2, -0.15) is 0 Å². The molecule has 0 amide bonds. The highest BCUT2D eigenvalue weighted by Gasteiger charge is 2.24. The Balaban J connectivity index is 1.68. The molecule has 6 nitrogen and oxygen atoms in total. The lowest BCUT2D eigenvalue weighted by Gasteiger charge is -2.31. The number of ether oxygens (including phenoxy) is 1. The van der Waals surface area contributed by atoms with Crippen LogP contribution in [0.15, 0.2) is 67.1 Å². The zero-order chi connectivity index (χ0) is 21.2. The predicted octanol–water partition coefficient (Wildman–Crippen LogP) is 2.82. The van der Waals surface area contributed by atoms with Gasteiger partial charge in [-0.25, -0.2) is 9.97 Å². The van der Waals surface area contributed by atoms with Gasteiger partial charge in [0.05, 0.1) is 45.2 Å². The molecule has 0 aliphatic carbocycles. The molecule has 6 heteroatoms. The molecule has 1 aliphatic rings. The number of piperazine rings is 1. The first-order valence-corrected chi connectivity index (χ1v) is 11.0. The monoisotopic (exact) mass is 414 g/mol. The predicted molar refractivity (Wildman–Crippen MR) is 124 cm³/mol. The third kappa shape index (κ3) is 3.75. The summed E-state index contributed by atoms with van der Waals surface area (Å²) in [5.74, 6) is 1.90. The smallest absolute Gasteiger partial charge is 0.150 e. The first kappa shape index (κ1) is 19.6. The topological polar surface area (TPSA) is 47.6 Å². The number of aromatic nitrogens is 3. The van der Waals surface area contributed by atoms with E-state index in [4.69, 9.17) is 14.7 Å². The van der Waals surface area contributed by atoms with Crippen molar-refractivity contribution in [2.45, 2.75) is 6.92 Å². The lowest BCUT2D eigenvalue weighted by molar-refractivity contribution is -0.880. The summed E-state index contributed by atoms with van der Waals surface area (Å²) in [6, 6.07) is 18.7. The third-order valence-corrected chi connectivity index (χ3v) is 5.99. The summed E-state index contributed by atoms with van der Waals surface area (Å²) < 4.78 is 7.79. The summed E-state index contributed by atoms with van der Waals surface area (Å²) in [7, 11) is 2.25. The molecule has 0 radical (unpaired) electrons. The minimum Gasteiger partial charge on any atom is -0.494 e. The third-order valence-electron chi connectivity index (χ3n) is 5.99. The van der Waals surface area contributed by atoms with Crippen LogP contribution in [0, 0.1) is 0 Å². The Bertz CT molecular complexity index is 1160. The molecule has 1 fully saturated rings. The number of hydrogen-bond donors (Lipinski definition) is 1. The molecule has 158 valence electrons. The van der Waals surface area contributed by atoms with Gasteiger partial charge in [-0.15, -0.1) is 0 Å². The number of anilines is 1. The maximum absolute atomic E-state index is 5.62. The molecular weight excluding hydrogens is 386 g/mol. The lowest BCUT2D eigenvalue weighted by Crippen LogP contribution is -3.12. The molecule has 2 aromatic heterocycles. The number of hydrogen-bond acceptors (Lipinski definition) is 4. The average Bonchev–Trinajstić information content (AvgIpc) is 3.21. The van der Waals surface area contributed by atoms with Gasteiger partial charge in [0.1, 0.15) is 17.9 Å². The number of rotatable bonds is 5. The average molecular weight is 415 g/mol. The van der Waals surface area contributed by atoms with Crippen molar-refractivity contribution in [1.29, 1.82) is 0 Å². The maximum Gasteiger partial charge on any atom is 0.150 e. The fourth-order valence-electron chi connectivity index (χ4n) is 4.29. The summed E-state index contributed by atoms with van der Waals surface area (Å²) in [5, 5.41) is 1.11. The van der Waals surface area contributed by atoms with Crippen LogP contribution in [0.1, 0.15) is 6.92 Å². The van der Waals surface area contributed by atoms with E-state index >= 15 is 0 Å². The summed E-state index contributed by atoms with van der Waals surface area (Å²) in [6.45, 7) is 6.89. The van der Waals surface area contributed by atoms with Crippen molar-refractivity contribution in [3.8, 4) is 22.6 Å². The van der Waals surface area contributed by atoms with E-state index in [9.17, 15) is 0 Å². The maximum atomic E-state index is 5.62. The van der Waals surface area contributed by atoms with E-state index in [2.05, 4.69) is 65.2 Å². The van der Waals surface area contributed by atoms with Crippen molar-refractivity contribution in [3.63, 3.8) is 0 Å². The van der Waals surface area contributed by atoms with Crippen LogP contribution in [0.25, 0.3) is 27.8 Å². The SMILES string of the molecule is CCOc1ccc(-n2cc(-c3ccccc3)c3c(N4CC[NH+](C)CC4)ncnc32)cc1. The molecule has 4 aromatic rings. The second kappa shape index (κ2) is 8.40. The lowest BCUT2D eigenvalue weighted by atomic mass is 10.1. The Kier molecular flexibility index (Phi) is 5.30. The van der Waals surface area contributed by atoms with Gasteiger partial charge in [0.25, 0.3) is 0 Å². The number of fused-ring (bicyclic) bond motifs is 1. The van der Waals surface area contributed by atoms with Crippen LogP contribution < -0.4 is 14.5 Å². The molecule has 0 unspecified atom stereocenters. The zero-order valence-corrected chi connectivity index (χ0v) is 18.1. The molecule has 0 atom stereocenters. The molecule has 1 aliphatic heterocycles. The first-order valence-electron chi connectivity index (χ1n) is 11.0. The number of nitrogens with zero attached hydrogens (tertiary/aromatic N) is 4. The molecule has 1 N–H and O–H groups in total. The molecule has 3 heterocycles. The molecule has 2 aromatic carbocycles. The molecule has 0 bridgehead atoms. The number of benzene rings is 2. The zero-order valence-electron chi connectivity index (χ0n) is 18.1. The van der Waals surface area contributed by atoms with Crippen LogP contribution in [0.2, 0.25) is 0 Å². The van der Waals surface area contributed by atoms with E-state index in [1.807, 2.05) is 19.1 Å². The summed E-state index contributed by atoms with van der Waals surface area (Å²) >= 11 is 0. The summed E-state index contributed by atoms with van der Waals surface area (Å²) in [5.41, 5.74) is 4.32. The largest absolute Gasteiger partial charge is 0.494 e. The van der Waals surface area contributed by atoms with E-state index in [1.54, 1.807) is 11.2 Å². The summed E-state index contributed by atoms with van der Waals surface area (Å²) in [4.78, 5) is 13.5. The van der Waals surface area contributed by atoms with Crippen molar-refractivity contribution in [3.05, 3.63) is 67.1 Å². The second-order valence-electron chi connectivity index (χ2n) is 8.05. The van der Waals surface area contributed by atoms with Gasteiger partial charge in [-0.1, -0.05) is 30.3 Å². The van der Waals surface area contributed by atoms with Gasteiger partial charge < -0.3 is 19.1 Å². The molecule has 0 saturated carbocycles. The fraction of sp³-hybridized carbons (Fsp3) is 0.280. The van der Waals surface area contributed by atoms with Crippen LogP contribution in [0.5, 0.6) is 5.75 Å². The highest BCUT2D eigenvalue weighted by Crippen LogP contribution is 2.36. The van der Waals surface area contributed by atoms with Gasteiger partial charge in [0, 0.05) is 17.4 Å². The van der Waals surface area contributed by atoms with Crippen molar-refractivity contribution >= 4 is 16.9 Å². The van der Waals surface area contributed by atoms with Crippen LogP contribution >= 0.6 is 0 Å². The van der Waals surface area contributed by atoms with Crippen LogP contribution in [-0.4, -0.2) is 54.4 Å². The van der Waals surface area contributed by atoms with Crippen molar-refractivity contribution in [1.82, 2.24) is 14.5 Å². The van der Waals surface area contributed by atoms with Gasteiger partial charge in [-0.05, 0) is 36.8 Å². The number of likely N-dealkylation sites (N-methyl/N-ethyl adjacent to an activating group) is 1. The van der Waals surface area contributed by atoms with E-state index in [0.29, 0.717) is 6.61 Å². The van der Waals surface area contributed by atoms with Crippen LogP contribution in [-0.2, 0) is 0 Å². The van der Waals surface area contributed by atoms with Gasteiger partial charge >= 0.3 is 0 Å². The molecule has 31 heavy (non-hydrogen) atoms. The Labute approximate surface area is 182 Å². The van der Waals surface area contributed by atoms with E-state index in [-0.39, 0.29) is 0 Å².